The van der Waals surface area contributed by atoms with Crippen molar-refractivity contribution in [3.05, 3.63) is 95.6 Å². The Labute approximate surface area is 197 Å². The second kappa shape index (κ2) is 9.48. The maximum Gasteiger partial charge on any atom is 0.162 e. The second-order valence-electron chi connectivity index (χ2n) is 8.04. The van der Waals surface area contributed by atoms with Gasteiger partial charge in [-0.15, -0.1) is 11.3 Å². The molecule has 0 aliphatic carbocycles. The van der Waals surface area contributed by atoms with Crippen molar-refractivity contribution >= 4 is 27.4 Å². The second-order valence-corrected chi connectivity index (χ2v) is 9.26. The van der Waals surface area contributed by atoms with E-state index >= 15 is 0 Å². The summed E-state index contributed by atoms with van der Waals surface area (Å²) in [4.78, 5) is 15.3. The SMILES string of the molecule is Cc1sc2c(NC[C@@H](N)Cc3ccccc3)nc(-c3ccncc3)nc2c1-c1ccccc1. The zero-order valence-corrected chi connectivity index (χ0v) is 19.2. The summed E-state index contributed by atoms with van der Waals surface area (Å²) in [6.45, 7) is 2.76. The maximum absolute atomic E-state index is 6.46. The number of benzene rings is 2. The lowest BCUT2D eigenvalue weighted by Crippen LogP contribution is -2.31. The highest BCUT2D eigenvalue weighted by atomic mass is 32.1. The van der Waals surface area contributed by atoms with Gasteiger partial charge in [-0.1, -0.05) is 60.7 Å². The van der Waals surface area contributed by atoms with Crippen LogP contribution in [0.1, 0.15) is 10.4 Å². The molecule has 6 heteroatoms. The monoisotopic (exact) mass is 451 g/mol. The number of aryl methyl sites for hydroxylation is 1. The number of nitrogens with two attached hydrogens (primary N) is 1. The lowest BCUT2D eigenvalue weighted by atomic mass is 10.1. The van der Waals surface area contributed by atoms with Gasteiger partial charge in [0.2, 0.25) is 0 Å². The van der Waals surface area contributed by atoms with Gasteiger partial charge in [-0.2, -0.15) is 0 Å². The van der Waals surface area contributed by atoms with E-state index in [0.29, 0.717) is 12.4 Å². The van der Waals surface area contributed by atoms with Gasteiger partial charge in [0.25, 0.3) is 0 Å². The van der Waals surface area contributed by atoms with Gasteiger partial charge in [0.1, 0.15) is 5.82 Å². The highest BCUT2D eigenvalue weighted by Crippen LogP contribution is 2.40. The Morgan fingerprint density at radius 2 is 1.58 bits per heavy atom. The Kier molecular flexibility index (Phi) is 6.11. The Bertz CT molecular complexity index is 1350. The van der Waals surface area contributed by atoms with Crippen LogP contribution in [0.3, 0.4) is 0 Å². The molecule has 2 aromatic carbocycles. The summed E-state index contributed by atoms with van der Waals surface area (Å²) in [6.07, 6.45) is 4.34. The molecular weight excluding hydrogens is 426 g/mol. The summed E-state index contributed by atoms with van der Waals surface area (Å²) < 4.78 is 1.05. The molecule has 0 bridgehead atoms. The van der Waals surface area contributed by atoms with Crippen molar-refractivity contribution in [1.82, 2.24) is 15.0 Å². The first-order valence-electron chi connectivity index (χ1n) is 11.0. The molecule has 164 valence electrons. The normalized spacial score (nSPS) is 12.1. The predicted octanol–water partition coefficient (Wildman–Crippen LogP) is 5.71. The van der Waals surface area contributed by atoms with Crippen LogP contribution in [0, 0.1) is 6.92 Å². The van der Waals surface area contributed by atoms with Crippen LogP contribution in [-0.2, 0) is 6.42 Å². The Hall–Kier alpha value is -3.61. The van der Waals surface area contributed by atoms with Crippen LogP contribution in [0.5, 0.6) is 0 Å². The largest absolute Gasteiger partial charge is 0.367 e. The average molecular weight is 452 g/mol. The van der Waals surface area contributed by atoms with E-state index in [2.05, 4.69) is 53.6 Å². The van der Waals surface area contributed by atoms with E-state index in [4.69, 9.17) is 15.7 Å². The zero-order chi connectivity index (χ0) is 22.6. The Balaban J connectivity index is 1.54. The van der Waals surface area contributed by atoms with Crippen LogP contribution in [0.4, 0.5) is 5.82 Å². The zero-order valence-electron chi connectivity index (χ0n) is 18.4. The van der Waals surface area contributed by atoms with Gasteiger partial charge in [0.05, 0.1) is 10.2 Å². The van der Waals surface area contributed by atoms with E-state index in [1.807, 2.05) is 36.4 Å². The lowest BCUT2D eigenvalue weighted by Gasteiger charge is -2.14. The van der Waals surface area contributed by atoms with Crippen LogP contribution in [0.25, 0.3) is 32.7 Å². The van der Waals surface area contributed by atoms with Gasteiger partial charge in [-0.05, 0) is 36.6 Å². The van der Waals surface area contributed by atoms with Crippen molar-refractivity contribution < 1.29 is 0 Å². The van der Waals surface area contributed by atoms with Gasteiger partial charge in [0, 0.05) is 41.0 Å². The van der Waals surface area contributed by atoms with Crippen molar-refractivity contribution in [2.75, 3.05) is 11.9 Å². The highest BCUT2D eigenvalue weighted by Gasteiger charge is 2.19. The third-order valence-corrected chi connectivity index (χ3v) is 6.68. The van der Waals surface area contributed by atoms with E-state index < -0.39 is 0 Å². The van der Waals surface area contributed by atoms with E-state index in [9.17, 15) is 0 Å². The molecule has 0 aliphatic rings. The minimum absolute atomic E-state index is 0.0311. The molecule has 0 saturated carbocycles. The van der Waals surface area contributed by atoms with Crippen molar-refractivity contribution in [3.63, 3.8) is 0 Å². The van der Waals surface area contributed by atoms with Crippen molar-refractivity contribution in [1.29, 1.82) is 0 Å². The number of fused-ring (bicyclic) bond motifs is 1. The van der Waals surface area contributed by atoms with Gasteiger partial charge < -0.3 is 11.1 Å². The van der Waals surface area contributed by atoms with E-state index in [-0.39, 0.29) is 6.04 Å². The average Bonchev–Trinajstić information content (AvgIpc) is 3.20. The number of aromatic nitrogens is 3. The van der Waals surface area contributed by atoms with Crippen LogP contribution in [0.15, 0.2) is 85.2 Å². The predicted molar refractivity (Wildman–Crippen MR) is 137 cm³/mol. The topological polar surface area (TPSA) is 76.7 Å². The number of nitrogens with one attached hydrogen (secondary N) is 1. The molecule has 0 unspecified atom stereocenters. The van der Waals surface area contributed by atoms with E-state index in [0.717, 1.165) is 39.1 Å². The van der Waals surface area contributed by atoms with Gasteiger partial charge in [-0.25, -0.2) is 9.97 Å². The molecule has 3 N–H and O–H groups in total. The van der Waals surface area contributed by atoms with Crippen molar-refractivity contribution in [3.8, 4) is 22.5 Å². The number of hydrogen-bond acceptors (Lipinski definition) is 6. The van der Waals surface area contributed by atoms with Gasteiger partial charge in [-0.3, -0.25) is 4.98 Å². The molecule has 33 heavy (non-hydrogen) atoms. The number of nitrogens with zero attached hydrogens (tertiary/aromatic N) is 3. The fourth-order valence-electron chi connectivity index (χ4n) is 4.00. The van der Waals surface area contributed by atoms with Crippen LogP contribution < -0.4 is 11.1 Å². The molecule has 0 fully saturated rings. The number of hydrogen-bond donors (Lipinski definition) is 2. The van der Waals surface area contributed by atoms with Crippen LogP contribution in [-0.4, -0.2) is 27.5 Å². The highest BCUT2D eigenvalue weighted by molar-refractivity contribution is 7.20. The van der Waals surface area contributed by atoms with Crippen LogP contribution >= 0.6 is 11.3 Å². The van der Waals surface area contributed by atoms with Crippen LogP contribution in [0.2, 0.25) is 0 Å². The smallest absolute Gasteiger partial charge is 0.162 e. The van der Waals surface area contributed by atoms with Gasteiger partial charge in [0.15, 0.2) is 5.82 Å². The fourth-order valence-corrected chi connectivity index (χ4v) is 5.08. The Morgan fingerprint density at radius 3 is 2.30 bits per heavy atom. The minimum Gasteiger partial charge on any atom is -0.367 e. The van der Waals surface area contributed by atoms with E-state index in [1.54, 1.807) is 23.7 Å². The number of pyridine rings is 1. The van der Waals surface area contributed by atoms with E-state index in [1.165, 1.54) is 10.4 Å². The first kappa shape index (κ1) is 21.2. The molecular formula is C27H25N5S. The number of anilines is 1. The molecule has 1 atom stereocenters. The summed E-state index contributed by atoms with van der Waals surface area (Å²) in [6, 6.07) is 24.6. The quantitative estimate of drug-likeness (QED) is 0.331. The minimum atomic E-state index is -0.0311. The summed E-state index contributed by atoms with van der Waals surface area (Å²) in [5.74, 6) is 1.50. The summed E-state index contributed by atoms with van der Waals surface area (Å²) in [5.41, 5.74) is 11.9. The summed E-state index contributed by atoms with van der Waals surface area (Å²) >= 11 is 1.72. The van der Waals surface area contributed by atoms with Crippen molar-refractivity contribution in [2.45, 2.75) is 19.4 Å². The summed E-state index contributed by atoms with van der Waals surface area (Å²) in [5, 5.41) is 3.53. The number of rotatable bonds is 7. The molecule has 0 radical (unpaired) electrons. The third-order valence-electron chi connectivity index (χ3n) is 5.58. The molecule has 0 aliphatic heterocycles. The molecule has 0 amide bonds. The standard InChI is InChI=1S/C27H25N5S/c1-18-23(20-10-6-3-7-11-20)24-25(33-18)27(32-26(31-24)21-12-14-29-15-13-21)30-17-22(28)16-19-8-4-2-5-9-19/h2-15,22H,16-17,28H2,1H3,(H,30,31,32)/t22-/m0/s1. The fraction of sp³-hybridized carbons (Fsp3) is 0.148. The Morgan fingerprint density at radius 1 is 0.879 bits per heavy atom. The third kappa shape index (κ3) is 4.62. The maximum atomic E-state index is 6.46. The molecule has 3 aromatic heterocycles. The molecule has 5 rings (SSSR count). The molecule has 0 spiro atoms. The number of thiophene rings is 1. The molecule has 5 nitrogen and oxygen atoms in total. The molecule has 3 heterocycles. The first-order chi connectivity index (χ1) is 16.2. The summed E-state index contributed by atoms with van der Waals surface area (Å²) in [7, 11) is 0. The van der Waals surface area contributed by atoms with Gasteiger partial charge >= 0.3 is 0 Å². The molecule has 5 aromatic rings. The lowest BCUT2D eigenvalue weighted by molar-refractivity contribution is 0.698. The molecule has 0 saturated heterocycles. The van der Waals surface area contributed by atoms with Crippen molar-refractivity contribution in [2.24, 2.45) is 5.73 Å². The first-order valence-corrected chi connectivity index (χ1v) is 11.8.